The Hall–Kier alpha value is -2.32. The number of carbonyl (C=O) groups is 1. The standard InChI is InChI=1S/C22H26N4O2S2/c1-4-28-16-8-6-15(7-9-16)23-20(27)13-30-22-25-24-21(26(22)3)18-12-29-19-11-14(2)5-10-17(18)19/h6-9,12,14H,4-5,10-11,13H2,1-3H3,(H,23,27). The Balaban J connectivity index is 1.38. The Kier molecular flexibility index (Phi) is 6.43. The van der Waals surface area contributed by atoms with Crippen LogP contribution in [-0.4, -0.2) is 33.0 Å². The van der Waals surface area contributed by atoms with Crippen molar-refractivity contribution in [3.8, 4) is 17.1 Å². The highest BCUT2D eigenvalue weighted by Gasteiger charge is 2.23. The van der Waals surface area contributed by atoms with E-state index in [1.165, 1.54) is 34.2 Å². The van der Waals surface area contributed by atoms with E-state index in [0.717, 1.165) is 41.2 Å². The van der Waals surface area contributed by atoms with E-state index in [-0.39, 0.29) is 11.7 Å². The number of anilines is 1. The van der Waals surface area contributed by atoms with Gasteiger partial charge in [-0.1, -0.05) is 18.7 Å². The molecule has 1 aliphatic carbocycles. The van der Waals surface area contributed by atoms with E-state index >= 15 is 0 Å². The lowest BCUT2D eigenvalue weighted by Gasteiger charge is -2.18. The van der Waals surface area contributed by atoms with E-state index in [2.05, 4.69) is 27.8 Å². The highest BCUT2D eigenvalue weighted by molar-refractivity contribution is 7.99. The SMILES string of the molecule is CCOc1ccc(NC(=O)CSc2nnc(-c3csc4c3CCC(C)C4)n2C)cc1. The number of carbonyl (C=O) groups excluding carboxylic acids is 1. The summed E-state index contributed by atoms with van der Waals surface area (Å²) in [6.07, 6.45) is 3.49. The van der Waals surface area contributed by atoms with E-state index in [0.29, 0.717) is 6.61 Å². The van der Waals surface area contributed by atoms with Crippen LogP contribution in [0.25, 0.3) is 11.4 Å². The van der Waals surface area contributed by atoms with Gasteiger partial charge in [-0.05, 0) is 61.9 Å². The minimum atomic E-state index is -0.0735. The van der Waals surface area contributed by atoms with Gasteiger partial charge in [0.15, 0.2) is 11.0 Å². The molecule has 2 heterocycles. The number of fused-ring (bicyclic) bond motifs is 1. The zero-order valence-corrected chi connectivity index (χ0v) is 19.1. The fourth-order valence-corrected chi connectivity index (χ4v) is 5.62. The summed E-state index contributed by atoms with van der Waals surface area (Å²) in [7, 11) is 1.97. The molecular formula is C22H26N4O2S2. The number of thioether (sulfide) groups is 1. The van der Waals surface area contributed by atoms with E-state index in [9.17, 15) is 4.79 Å². The molecule has 1 unspecified atom stereocenters. The number of amides is 1. The molecule has 0 spiro atoms. The second kappa shape index (κ2) is 9.22. The maximum Gasteiger partial charge on any atom is 0.234 e. The Morgan fingerprint density at radius 2 is 2.13 bits per heavy atom. The number of aromatic nitrogens is 3. The van der Waals surface area contributed by atoms with Gasteiger partial charge in [-0.15, -0.1) is 21.5 Å². The number of rotatable bonds is 7. The number of thiophene rings is 1. The maximum atomic E-state index is 12.3. The van der Waals surface area contributed by atoms with Crippen LogP contribution in [0.5, 0.6) is 5.75 Å². The van der Waals surface area contributed by atoms with Gasteiger partial charge in [0.05, 0.1) is 12.4 Å². The van der Waals surface area contributed by atoms with E-state index in [4.69, 9.17) is 4.74 Å². The summed E-state index contributed by atoms with van der Waals surface area (Å²) in [4.78, 5) is 13.8. The molecular weight excluding hydrogens is 416 g/mol. The molecule has 1 amide bonds. The molecule has 1 aliphatic rings. The zero-order chi connectivity index (χ0) is 21.1. The molecule has 1 atom stereocenters. The maximum absolute atomic E-state index is 12.3. The van der Waals surface area contributed by atoms with Gasteiger partial charge in [-0.2, -0.15) is 0 Å². The third-order valence-electron chi connectivity index (χ3n) is 5.26. The molecule has 158 valence electrons. The summed E-state index contributed by atoms with van der Waals surface area (Å²) in [5.74, 6) is 2.63. The Labute approximate surface area is 185 Å². The van der Waals surface area contributed by atoms with E-state index in [1.54, 1.807) is 0 Å². The number of hydrogen-bond donors (Lipinski definition) is 1. The van der Waals surface area contributed by atoms with Crippen molar-refractivity contribution in [1.29, 1.82) is 0 Å². The molecule has 0 saturated carbocycles. The van der Waals surface area contributed by atoms with E-state index in [1.807, 2.05) is 54.1 Å². The molecule has 0 aliphatic heterocycles. The van der Waals surface area contributed by atoms with Crippen molar-refractivity contribution in [2.45, 2.75) is 38.3 Å². The Morgan fingerprint density at radius 3 is 2.90 bits per heavy atom. The third-order valence-corrected chi connectivity index (χ3v) is 7.33. The van der Waals surface area contributed by atoms with Crippen LogP contribution in [-0.2, 0) is 24.7 Å². The van der Waals surface area contributed by atoms with Crippen LogP contribution in [0.4, 0.5) is 5.69 Å². The topological polar surface area (TPSA) is 69.0 Å². The molecule has 30 heavy (non-hydrogen) atoms. The van der Waals surface area contributed by atoms with Crippen LogP contribution >= 0.6 is 23.1 Å². The smallest absolute Gasteiger partial charge is 0.234 e. The molecule has 0 bridgehead atoms. The number of ether oxygens (including phenoxy) is 1. The van der Waals surface area contributed by atoms with Gasteiger partial charge < -0.3 is 14.6 Å². The first-order valence-electron chi connectivity index (χ1n) is 10.2. The molecule has 0 radical (unpaired) electrons. The fourth-order valence-electron chi connectivity index (χ4n) is 3.67. The number of nitrogens with zero attached hydrogens (tertiary/aromatic N) is 3. The van der Waals surface area contributed by atoms with Crippen LogP contribution in [0.1, 0.15) is 30.7 Å². The molecule has 3 aromatic rings. The number of benzene rings is 1. The van der Waals surface area contributed by atoms with Gasteiger partial charge in [-0.3, -0.25) is 4.79 Å². The first-order valence-corrected chi connectivity index (χ1v) is 12.1. The first-order chi connectivity index (χ1) is 14.5. The molecule has 0 saturated heterocycles. The summed E-state index contributed by atoms with van der Waals surface area (Å²) in [5, 5.41) is 14.6. The van der Waals surface area contributed by atoms with Crippen molar-refractivity contribution in [1.82, 2.24) is 14.8 Å². The molecule has 4 rings (SSSR count). The van der Waals surface area contributed by atoms with Crippen molar-refractivity contribution in [2.24, 2.45) is 13.0 Å². The Morgan fingerprint density at radius 1 is 1.33 bits per heavy atom. The van der Waals surface area contributed by atoms with Gasteiger partial charge in [0.2, 0.25) is 5.91 Å². The lowest BCUT2D eigenvalue weighted by molar-refractivity contribution is -0.113. The van der Waals surface area contributed by atoms with Crippen molar-refractivity contribution in [3.05, 3.63) is 40.1 Å². The van der Waals surface area contributed by atoms with Gasteiger partial charge >= 0.3 is 0 Å². The van der Waals surface area contributed by atoms with Crippen molar-refractivity contribution < 1.29 is 9.53 Å². The molecule has 6 nitrogen and oxygen atoms in total. The van der Waals surface area contributed by atoms with Gasteiger partial charge in [0, 0.05) is 28.6 Å². The molecule has 1 aromatic carbocycles. The lowest BCUT2D eigenvalue weighted by Crippen LogP contribution is -2.14. The summed E-state index contributed by atoms with van der Waals surface area (Å²) in [6.45, 7) is 4.88. The van der Waals surface area contributed by atoms with Crippen molar-refractivity contribution in [2.75, 3.05) is 17.7 Å². The van der Waals surface area contributed by atoms with Crippen molar-refractivity contribution >= 4 is 34.7 Å². The van der Waals surface area contributed by atoms with Gasteiger partial charge in [-0.25, -0.2) is 0 Å². The Bertz CT molecular complexity index is 1030. The van der Waals surface area contributed by atoms with E-state index < -0.39 is 0 Å². The first kappa shape index (κ1) is 20.9. The minimum absolute atomic E-state index is 0.0735. The highest BCUT2D eigenvalue weighted by Crippen LogP contribution is 2.38. The summed E-state index contributed by atoms with van der Waals surface area (Å²) in [5.41, 5.74) is 3.38. The third kappa shape index (κ3) is 4.54. The predicted molar refractivity (Wildman–Crippen MR) is 122 cm³/mol. The lowest BCUT2D eigenvalue weighted by atomic mass is 9.88. The van der Waals surface area contributed by atoms with Crippen LogP contribution in [0, 0.1) is 5.92 Å². The largest absolute Gasteiger partial charge is 0.494 e. The second-order valence-corrected chi connectivity index (χ2v) is 9.47. The normalized spacial score (nSPS) is 15.6. The summed E-state index contributed by atoms with van der Waals surface area (Å²) in [6, 6.07) is 7.39. The second-order valence-electron chi connectivity index (χ2n) is 7.56. The number of hydrogen-bond acceptors (Lipinski definition) is 6. The van der Waals surface area contributed by atoms with Crippen molar-refractivity contribution in [3.63, 3.8) is 0 Å². The predicted octanol–water partition coefficient (Wildman–Crippen LogP) is 4.80. The molecule has 2 aromatic heterocycles. The van der Waals surface area contributed by atoms with Gasteiger partial charge in [0.1, 0.15) is 5.75 Å². The molecule has 0 fully saturated rings. The quantitative estimate of drug-likeness (QED) is 0.533. The average molecular weight is 443 g/mol. The van der Waals surface area contributed by atoms with Crippen LogP contribution in [0.2, 0.25) is 0 Å². The molecule has 8 heteroatoms. The van der Waals surface area contributed by atoms with Gasteiger partial charge in [0.25, 0.3) is 0 Å². The average Bonchev–Trinajstić information content (AvgIpc) is 3.30. The van der Waals surface area contributed by atoms with Crippen LogP contribution in [0.15, 0.2) is 34.8 Å². The fraction of sp³-hybridized carbons (Fsp3) is 0.409. The summed E-state index contributed by atoms with van der Waals surface area (Å²) >= 11 is 3.23. The molecule has 1 N–H and O–H groups in total. The minimum Gasteiger partial charge on any atom is -0.494 e. The van der Waals surface area contributed by atoms with Crippen LogP contribution < -0.4 is 10.1 Å². The zero-order valence-electron chi connectivity index (χ0n) is 17.5. The summed E-state index contributed by atoms with van der Waals surface area (Å²) < 4.78 is 7.42. The van der Waals surface area contributed by atoms with Crippen LogP contribution in [0.3, 0.4) is 0 Å². The monoisotopic (exact) mass is 442 g/mol. The number of nitrogens with one attached hydrogen (secondary N) is 1. The highest BCUT2D eigenvalue weighted by atomic mass is 32.2.